The van der Waals surface area contributed by atoms with Gasteiger partial charge in [-0.2, -0.15) is 0 Å². The number of amides is 2. The Bertz CT molecular complexity index is 313. The number of carbonyl (C=O) groups is 2. The average molecular weight is 196 g/mol. The molecule has 3 aliphatic rings. The normalized spacial score (nSPS) is 37.7. The van der Waals surface area contributed by atoms with Crippen LogP contribution in [0.3, 0.4) is 0 Å². The summed E-state index contributed by atoms with van der Waals surface area (Å²) in [6.45, 7) is 1.45. The molecule has 2 amide bonds. The van der Waals surface area contributed by atoms with Crippen molar-refractivity contribution in [1.82, 2.24) is 10.2 Å². The van der Waals surface area contributed by atoms with Crippen LogP contribution >= 0.6 is 0 Å². The van der Waals surface area contributed by atoms with E-state index >= 15 is 0 Å². The molecule has 0 radical (unpaired) electrons. The summed E-state index contributed by atoms with van der Waals surface area (Å²) < 4.78 is 5.09. The third-order valence-corrected chi connectivity index (χ3v) is 3.24. The molecule has 5 heteroatoms. The van der Waals surface area contributed by atoms with Gasteiger partial charge >= 0.3 is 6.09 Å². The van der Waals surface area contributed by atoms with E-state index in [2.05, 4.69) is 10.2 Å². The number of alkyl carbamates (subject to hydrolysis) is 1. The summed E-state index contributed by atoms with van der Waals surface area (Å²) in [7, 11) is 0. The van der Waals surface area contributed by atoms with Gasteiger partial charge in [0.05, 0.1) is 0 Å². The fourth-order valence-corrected chi connectivity index (χ4v) is 2.29. The van der Waals surface area contributed by atoms with Gasteiger partial charge in [-0.05, 0) is 12.8 Å². The van der Waals surface area contributed by atoms with Crippen molar-refractivity contribution in [3.05, 3.63) is 0 Å². The number of carbonyl (C=O) groups excluding carboxylic acids is 2. The number of imide groups is 1. The Morgan fingerprint density at radius 2 is 2.21 bits per heavy atom. The van der Waals surface area contributed by atoms with Crippen LogP contribution in [0.2, 0.25) is 0 Å². The zero-order valence-electron chi connectivity index (χ0n) is 7.78. The second-order valence-electron chi connectivity index (χ2n) is 4.29. The summed E-state index contributed by atoms with van der Waals surface area (Å²) in [4.78, 5) is 24.7. The number of nitrogens with one attached hydrogen (secondary N) is 1. The molecule has 0 aromatic heterocycles. The lowest BCUT2D eigenvalue weighted by atomic mass is 10.0. The first-order chi connectivity index (χ1) is 6.70. The van der Waals surface area contributed by atoms with Crippen molar-refractivity contribution >= 4 is 12.0 Å². The first-order valence-electron chi connectivity index (χ1n) is 4.98. The van der Waals surface area contributed by atoms with Gasteiger partial charge in [0.1, 0.15) is 0 Å². The van der Waals surface area contributed by atoms with E-state index in [0.29, 0.717) is 19.0 Å². The summed E-state index contributed by atoms with van der Waals surface area (Å²) >= 11 is 0. The molecule has 76 valence electrons. The standard InChI is InChI=1S/C9H12N2O3/c12-7-9(14-8(13)10-7)3-4-11(5-9)6-1-2-6/h6H,1-5H2,(H,10,12,13). The van der Waals surface area contributed by atoms with Crippen LogP contribution in [0.5, 0.6) is 0 Å². The smallest absolute Gasteiger partial charge is 0.415 e. The topological polar surface area (TPSA) is 58.6 Å². The molecular weight excluding hydrogens is 184 g/mol. The maximum Gasteiger partial charge on any atom is 0.415 e. The second-order valence-corrected chi connectivity index (χ2v) is 4.29. The van der Waals surface area contributed by atoms with Gasteiger partial charge in [-0.15, -0.1) is 0 Å². The molecule has 3 fully saturated rings. The van der Waals surface area contributed by atoms with Crippen LogP contribution in [-0.2, 0) is 9.53 Å². The van der Waals surface area contributed by atoms with E-state index in [4.69, 9.17) is 4.74 Å². The van der Waals surface area contributed by atoms with E-state index in [1.54, 1.807) is 0 Å². The van der Waals surface area contributed by atoms with Gasteiger partial charge < -0.3 is 4.74 Å². The Morgan fingerprint density at radius 1 is 1.43 bits per heavy atom. The molecule has 1 aliphatic carbocycles. The molecule has 1 N–H and O–H groups in total. The molecule has 1 saturated carbocycles. The van der Waals surface area contributed by atoms with Gasteiger partial charge in [0.15, 0.2) is 0 Å². The molecule has 1 unspecified atom stereocenters. The minimum atomic E-state index is -0.861. The number of ether oxygens (including phenoxy) is 1. The number of hydrogen-bond donors (Lipinski definition) is 1. The minimum absolute atomic E-state index is 0.259. The Kier molecular flexibility index (Phi) is 1.45. The van der Waals surface area contributed by atoms with Crippen molar-refractivity contribution in [1.29, 1.82) is 0 Å². The second kappa shape index (κ2) is 2.48. The summed E-state index contributed by atoms with van der Waals surface area (Å²) in [6.07, 6.45) is 2.48. The van der Waals surface area contributed by atoms with E-state index in [1.807, 2.05) is 0 Å². The van der Waals surface area contributed by atoms with Gasteiger partial charge in [0.25, 0.3) is 5.91 Å². The highest BCUT2D eigenvalue weighted by Gasteiger charge is 2.55. The van der Waals surface area contributed by atoms with E-state index < -0.39 is 11.7 Å². The fourth-order valence-electron chi connectivity index (χ4n) is 2.29. The molecule has 0 aromatic rings. The predicted octanol–water partition coefficient (Wildman–Crippen LogP) is -0.140. The SMILES string of the molecule is O=C1NC(=O)C2(CCN(C3CC3)C2)O1. The molecule has 14 heavy (non-hydrogen) atoms. The number of nitrogens with zero attached hydrogens (tertiary/aromatic N) is 1. The Hall–Kier alpha value is -1.10. The molecular formula is C9H12N2O3. The van der Waals surface area contributed by atoms with Crippen molar-refractivity contribution in [3.63, 3.8) is 0 Å². The van der Waals surface area contributed by atoms with Crippen molar-refractivity contribution < 1.29 is 14.3 Å². The van der Waals surface area contributed by atoms with Gasteiger partial charge in [0, 0.05) is 25.6 Å². The summed E-state index contributed by atoms with van der Waals surface area (Å²) in [6, 6.07) is 0.626. The molecule has 3 rings (SSSR count). The van der Waals surface area contributed by atoms with Crippen LogP contribution in [0.25, 0.3) is 0 Å². The fraction of sp³-hybridized carbons (Fsp3) is 0.778. The number of hydrogen-bond acceptors (Lipinski definition) is 4. The van der Waals surface area contributed by atoms with Crippen molar-refractivity contribution in [2.24, 2.45) is 0 Å². The summed E-state index contributed by atoms with van der Waals surface area (Å²) in [5, 5.41) is 2.20. The molecule has 2 heterocycles. The maximum atomic E-state index is 11.5. The van der Waals surface area contributed by atoms with Gasteiger partial charge in [-0.25, -0.2) is 4.79 Å². The number of rotatable bonds is 1. The van der Waals surface area contributed by atoms with Crippen LogP contribution in [0.1, 0.15) is 19.3 Å². The quantitative estimate of drug-likeness (QED) is 0.634. The largest absolute Gasteiger partial charge is 0.431 e. The van der Waals surface area contributed by atoms with Gasteiger partial charge in [-0.1, -0.05) is 0 Å². The Morgan fingerprint density at radius 3 is 2.79 bits per heavy atom. The highest BCUT2D eigenvalue weighted by atomic mass is 16.6. The van der Waals surface area contributed by atoms with Crippen LogP contribution in [-0.4, -0.2) is 41.6 Å². The lowest BCUT2D eigenvalue weighted by Gasteiger charge is -2.19. The molecule has 2 aliphatic heterocycles. The third-order valence-electron chi connectivity index (χ3n) is 3.24. The predicted molar refractivity (Wildman–Crippen MR) is 46.6 cm³/mol. The van der Waals surface area contributed by atoms with E-state index in [0.717, 1.165) is 6.54 Å². The maximum absolute atomic E-state index is 11.5. The molecule has 5 nitrogen and oxygen atoms in total. The Balaban J connectivity index is 1.78. The lowest BCUT2D eigenvalue weighted by Crippen LogP contribution is -2.42. The van der Waals surface area contributed by atoms with Crippen molar-refractivity contribution in [2.45, 2.75) is 30.9 Å². The van der Waals surface area contributed by atoms with Crippen LogP contribution < -0.4 is 5.32 Å². The van der Waals surface area contributed by atoms with E-state index in [9.17, 15) is 9.59 Å². The molecule has 1 atom stereocenters. The van der Waals surface area contributed by atoms with Gasteiger partial charge in [-0.3, -0.25) is 15.0 Å². The lowest BCUT2D eigenvalue weighted by molar-refractivity contribution is -0.130. The van der Waals surface area contributed by atoms with E-state index in [-0.39, 0.29) is 5.91 Å². The van der Waals surface area contributed by atoms with E-state index in [1.165, 1.54) is 12.8 Å². The molecule has 2 saturated heterocycles. The summed E-state index contributed by atoms with van der Waals surface area (Å²) in [5.41, 5.74) is -0.861. The third kappa shape index (κ3) is 1.05. The van der Waals surface area contributed by atoms with Crippen LogP contribution in [0.15, 0.2) is 0 Å². The average Bonchev–Trinajstić information content (AvgIpc) is 2.83. The van der Waals surface area contributed by atoms with Gasteiger partial charge in [0.2, 0.25) is 5.60 Å². The molecule has 0 bridgehead atoms. The summed E-state index contributed by atoms with van der Waals surface area (Å²) in [5.74, 6) is -0.259. The first kappa shape index (κ1) is 8.23. The van der Waals surface area contributed by atoms with Crippen LogP contribution in [0, 0.1) is 0 Å². The minimum Gasteiger partial charge on any atom is -0.431 e. The van der Waals surface area contributed by atoms with Crippen molar-refractivity contribution in [2.75, 3.05) is 13.1 Å². The molecule has 1 spiro atoms. The first-order valence-corrected chi connectivity index (χ1v) is 4.98. The number of likely N-dealkylation sites (tertiary alicyclic amines) is 1. The zero-order valence-corrected chi connectivity index (χ0v) is 7.78. The highest BCUT2D eigenvalue weighted by Crippen LogP contribution is 2.36. The monoisotopic (exact) mass is 196 g/mol. The van der Waals surface area contributed by atoms with Crippen molar-refractivity contribution in [3.8, 4) is 0 Å². The highest BCUT2D eigenvalue weighted by molar-refractivity contribution is 6.03. The Labute approximate surface area is 81.4 Å². The molecule has 0 aromatic carbocycles. The zero-order chi connectivity index (χ0) is 9.76. The van der Waals surface area contributed by atoms with Crippen LogP contribution in [0.4, 0.5) is 4.79 Å².